The molecule has 0 bridgehead atoms. The SMILES string of the molecule is CCCC1(OC(C)=O)OCCc2c1[nH]c1c(-c3cccc(N)c3)cccc21. The first-order chi connectivity index (χ1) is 13.0. The van der Waals surface area contributed by atoms with Gasteiger partial charge < -0.3 is 20.2 Å². The van der Waals surface area contributed by atoms with E-state index in [1.807, 2.05) is 24.3 Å². The number of hydrogen-bond acceptors (Lipinski definition) is 4. The van der Waals surface area contributed by atoms with Crippen molar-refractivity contribution in [2.75, 3.05) is 12.3 Å². The van der Waals surface area contributed by atoms with Crippen LogP contribution >= 0.6 is 0 Å². The molecular weight excluding hydrogens is 340 g/mol. The summed E-state index contributed by atoms with van der Waals surface area (Å²) in [6.45, 7) is 4.01. The summed E-state index contributed by atoms with van der Waals surface area (Å²) < 4.78 is 11.8. The van der Waals surface area contributed by atoms with Crippen molar-refractivity contribution in [1.29, 1.82) is 0 Å². The van der Waals surface area contributed by atoms with E-state index in [1.54, 1.807) is 0 Å². The molecule has 1 aromatic heterocycles. The number of aromatic nitrogens is 1. The lowest BCUT2D eigenvalue weighted by atomic mass is 9.95. The van der Waals surface area contributed by atoms with Gasteiger partial charge in [0.2, 0.25) is 0 Å². The van der Waals surface area contributed by atoms with Crippen LogP contribution in [0.2, 0.25) is 0 Å². The fourth-order valence-electron chi connectivity index (χ4n) is 4.09. The Labute approximate surface area is 158 Å². The number of anilines is 1. The largest absolute Gasteiger partial charge is 0.427 e. The van der Waals surface area contributed by atoms with Gasteiger partial charge in [0, 0.05) is 30.0 Å². The highest BCUT2D eigenvalue weighted by molar-refractivity contribution is 5.97. The molecule has 3 aromatic rings. The van der Waals surface area contributed by atoms with Crippen LogP contribution in [0.5, 0.6) is 0 Å². The maximum Gasteiger partial charge on any atom is 0.305 e. The molecule has 5 heteroatoms. The van der Waals surface area contributed by atoms with E-state index in [9.17, 15) is 4.79 Å². The van der Waals surface area contributed by atoms with Gasteiger partial charge in [0.25, 0.3) is 5.79 Å². The summed E-state index contributed by atoms with van der Waals surface area (Å²) in [6.07, 6.45) is 2.23. The number of hydrogen-bond donors (Lipinski definition) is 2. The van der Waals surface area contributed by atoms with E-state index in [2.05, 4.69) is 30.1 Å². The molecule has 4 rings (SSSR count). The highest BCUT2D eigenvalue weighted by Gasteiger charge is 2.43. The van der Waals surface area contributed by atoms with Gasteiger partial charge in [-0.15, -0.1) is 0 Å². The van der Waals surface area contributed by atoms with Crippen LogP contribution in [0, 0.1) is 0 Å². The summed E-state index contributed by atoms with van der Waals surface area (Å²) >= 11 is 0. The number of carbonyl (C=O) groups excluding carboxylic acids is 1. The first kappa shape index (κ1) is 17.6. The molecule has 0 saturated carbocycles. The Morgan fingerprint density at radius 2 is 2.11 bits per heavy atom. The molecule has 3 N–H and O–H groups in total. The fourth-order valence-corrected chi connectivity index (χ4v) is 4.09. The van der Waals surface area contributed by atoms with E-state index in [4.69, 9.17) is 15.2 Å². The van der Waals surface area contributed by atoms with Crippen LogP contribution in [0.1, 0.15) is 37.9 Å². The maximum absolute atomic E-state index is 11.8. The lowest BCUT2D eigenvalue weighted by Crippen LogP contribution is -2.39. The van der Waals surface area contributed by atoms with Crippen LogP contribution in [0.3, 0.4) is 0 Å². The van der Waals surface area contributed by atoms with Crippen LogP contribution < -0.4 is 5.73 Å². The Morgan fingerprint density at radius 1 is 1.30 bits per heavy atom. The molecule has 1 atom stereocenters. The molecule has 0 amide bonds. The van der Waals surface area contributed by atoms with Crippen molar-refractivity contribution in [3.8, 4) is 11.1 Å². The molecule has 0 radical (unpaired) electrons. The van der Waals surface area contributed by atoms with Crippen molar-refractivity contribution in [1.82, 2.24) is 4.98 Å². The number of rotatable bonds is 4. The number of carbonyl (C=O) groups is 1. The summed E-state index contributed by atoms with van der Waals surface area (Å²) in [5, 5.41) is 1.14. The Hall–Kier alpha value is -2.79. The number of ether oxygens (including phenoxy) is 2. The third kappa shape index (κ3) is 2.98. The lowest BCUT2D eigenvalue weighted by molar-refractivity contribution is -0.247. The van der Waals surface area contributed by atoms with Crippen molar-refractivity contribution in [2.24, 2.45) is 0 Å². The van der Waals surface area contributed by atoms with Gasteiger partial charge in [-0.05, 0) is 36.1 Å². The fraction of sp³-hybridized carbons (Fsp3) is 0.318. The molecule has 2 aromatic carbocycles. The van der Waals surface area contributed by atoms with Gasteiger partial charge in [0.05, 0.1) is 17.8 Å². The number of nitrogens with two attached hydrogens (primary N) is 1. The summed E-state index contributed by atoms with van der Waals surface area (Å²) in [7, 11) is 0. The van der Waals surface area contributed by atoms with Gasteiger partial charge in [0.1, 0.15) is 0 Å². The van der Waals surface area contributed by atoms with E-state index in [1.165, 1.54) is 6.92 Å². The van der Waals surface area contributed by atoms with Crippen LogP contribution in [0.25, 0.3) is 22.0 Å². The number of para-hydroxylation sites is 1. The molecule has 140 valence electrons. The minimum absolute atomic E-state index is 0.342. The van der Waals surface area contributed by atoms with E-state index >= 15 is 0 Å². The quantitative estimate of drug-likeness (QED) is 0.528. The molecule has 0 fully saturated rings. The minimum Gasteiger partial charge on any atom is -0.427 e. The number of aromatic amines is 1. The van der Waals surface area contributed by atoms with Crippen LogP contribution in [-0.4, -0.2) is 17.6 Å². The zero-order valence-corrected chi connectivity index (χ0v) is 15.7. The number of benzene rings is 2. The smallest absolute Gasteiger partial charge is 0.305 e. The van der Waals surface area contributed by atoms with Crippen molar-refractivity contribution < 1.29 is 14.3 Å². The van der Waals surface area contributed by atoms with Crippen LogP contribution in [0.15, 0.2) is 42.5 Å². The normalized spacial score (nSPS) is 19.0. The molecule has 1 aliphatic heterocycles. The minimum atomic E-state index is -1.04. The van der Waals surface area contributed by atoms with Gasteiger partial charge in [-0.3, -0.25) is 4.79 Å². The Balaban J connectivity index is 1.94. The summed E-state index contributed by atoms with van der Waals surface area (Å²) in [4.78, 5) is 15.4. The van der Waals surface area contributed by atoms with Crippen molar-refractivity contribution in [3.05, 3.63) is 53.7 Å². The van der Waals surface area contributed by atoms with Crippen LogP contribution in [-0.2, 0) is 26.5 Å². The molecule has 27 heavy (non-hydrogen) atoms. The summed E-state index contributed by atoms with van der Waals surface area (Å²) in [5.41, 5.74) is 11.9. The third-order valence-electron chi connectivity index (χ3n) is 5.09. The van der Waals surface area contributed by atoms with Crippen molar-refractivity contribution in [3.63, 3.8) is 0 Å². The van der Waals surface area contributed by atoms with Crippen LogP contribution in [0.4, 0.5) is 5.69 Å². The van der Waals surface area contributed by atoms with Gasteiger partial charge in [-0.2, -0.15) is 0 Å². The molecule has 1 unspecified atom stereocenters. The average molecular weight is 364 g/mol. The Morgan fingerprint density at radius 3 is 2.85 bits per heavy atom. The standard InChI is InChI=1S/C22H24N2O3/c1-3-11-22(27-14(2)25)21-19(10-12-26-22)18-9-5-8-17(20(18)24-21)15-6-4-7-16(23)13-15/h4-9,13,24H,3,10-12,23H2,1-2H3. The predicted octanol–water partition coefficient (Wildman–Crippen LogP) is 4.51. The number of fused-ring (bicyclic) bond motifs is 3. The second-order valence-corrected chi connectivity index (χ2v) is 7.03. The first-order valence-corrected chi connectivity index (χ1v) is 9.37. The molecule has 5 nitrogen and oxygen atoms in total. The second-order valence-electron chi connectivity index (χ2n) is 7.03. The van der Waals surface area contributed by atoms with Crippen molar-refractivity contribution in [2.45, 2.75) is 38.9 Å². The number of H-pyrrole nitrogens is 1. The zero-order valence-electron chi connectivity index (χ0n) is 15.7. The Kier molecular flexibility index (Phi) is 4.40. The number of esters is 1. The van der Waals surface area contributed by atoms with E-state index in [0.29, 0.717) is 13.0 Å². The molecule has 2 heterocycles. The zero-order chi connectivity index (χ0) is 19.0. The summed E-state index contributed by atoms with van der Waals surface area (Å²) in [6, 6.07) is 14.1. The highest BCUT2D eigenvalue weighted by Crippen LogP contribution is 2.43. The molecule has 1 aliphatic rings. The molecule has 0 spiro atoms. The van der Waals surface area contributed by atoms with E-state index in [0.717, 1.165) is 51.8 Å². The second kappa shape index (κ2) is 6.74. The molecule has 0 saturated heterocycles. The average Bonchev–Trinajstić information content (AvgIpc) is 3.02. The topological polar surface area (TPSA) is 77.3 Å². The van der Waals surface area contributed by atoms with E-state index < -0.39 is 5.79 Å². The molecule has 0 aliphatic carbocycles. The monoisotopic (exact) mass is 364 g/mol. The van der Waals surface area contributed by atoms with Gasteiger partial charge in [0.15, 0.2) is 0 Å². The van der Waals surface area contributed by atoms with Gasteiger partial charge in [-0.25, -0.2) is 0 Å². The summed E-state index contributed by atoms with van der Waals surface area (Å²) in [5.74, 6) is -1.38. The van der Waals surface area contributed by atoms with Gasteiger partial charge >= 0.3 is 5.97 Å². The van der Waals surface area contributed by atoms with Gasteiger partial charge in [-0.1, -0.05) is 37.3 Å². The van der Waals surface area contributed by atoms with E-state index in [-0.39, 0.29) is 5.97 Å². The maximum atomic E-state index is 11.8. The Bertz CT molecular complexity index is 1010. The first-order valence-electron chi connectivity index (χ1n) is 9.37. The number of nitrogens with one attached hydrogen (secondary N) is 1. The molecular formula is C22H24N2O3. The van der Waals surface area contributed by atoms with Crippen molar-refractivity contribution >= 4 is 22.6 Å². The third-order valence-corrected chi connectivity index (χ3v) is 5.09. The highest BCUT2D eigenvalue weighted by atomic mass is 16.7. The number of nitrogen functional groups attached to an aromatic ring is 1. The predicted molar refractivity (Wildman–Crippen MR) is 106 cm³/mol. The lowest BCUT2D eigenvalue weighted by Gasteiger charge is -2.36.